The van der Waals surface area contributed by atoms with Crippen LogP contribution >= 0.6 is 11.5 Å². The Labute approximate surface area is 119 Å². The number of amides is 1. The number of aromatic nitrogens is 2. The Morgan fingerprint density at radius 1 is 1.32 bits per heavy atom. The summed E-state index contributed by atoms with van der Waals surface area (Å²) in [5.41, 5.74) is 0.853. The third kappa shape index (κ3) is 4.27. The number of nitrogens with one attached hydrogen (secondary N) is 1. The topological polar surface area (TPSA) is 54.9 Å². The number of aryl methyl sites for hydroxylation is 1. The number of rotatable bonds is 5. The highest BCUT2D eigenvalue weighted by Crippen LogP contribution is 2.22. The van der Waals surface area contributed by atoms with Crippen molar-refractivity contribution in [2.75, 3.05) is 6.54 Å². The SMILES string of the molecule is CCCc1nnsc1C(=O)NCC1CCCCCC1. The molecular formula is C14H23N3OS. The molecule has 1 N–H and O–H groups in total. The Bertz CT molecular complexity index is 397. The molecule has 1 amide bonds. The van der Waals surface area contributed by atoms with E-state index < -0.39 is 0 Å². The highest BCUT2D eigenvalue weighted by Gasteiger charge is 2.18. The van der Waals surface area contributed by atoms with E-state index in [1.54, 1.807) is 0 Å². The lowest BCUT2D eigenvalue weighted by atomic mass is 10.0. The number of nitrogens with zero attached hydrogens (tertiary/aromatic N) is 2. The highest BCUT2D eigenvalue weighted by atomic mass is 32.1. The number of hydrogen-bond donors (Lipinski definition) is 1. The molecule has 0 bridgehead atoms. The van der Waals surface area contributed by atoms with Crippen LogP contribution < -0.4 is 5.32 Å². The van der Waals surface area contributed by atoms with Gasteiger partial charge in [-0.15, -0.1) is 5.10 Å². The van der Waals surface area contributed by atoms with Crippen molar-refractivity contribution in [2.24, 2.45) is 5.92 Å². The zero-order valence-electron chi connectivity index (χ0n) is 11.7. The molecule has 1 aliphatic rings. The fourth-order valence-corrected chi connectivity index (χ4v) is 3.29. The summed E-state index contributed by atoms with van der Waals surface area (Å²) in [6, 6.07) is 0. The lowest BCUT2D eigenvalue weighted by Gasteiger charge is -2.14. The zero-order valence-corrected chi connectivity index (χ0v) is 12.5. The maximum absolute atomic E-state index is 12.1. The van der Waals surface area contributed by atoms with Crippen molar-refractivity contribution in [3.05, 3.63) is 10.6 Å². The van der Waals surface area contributed by atoms with Gasteiger partial charge in [0.25, 0.3) is 5.91 Å². The lowest BCUT2D eigenvalue weighted by Crippen LogP contribution is -2.29. The van der Waals surface area contributed by atoms with Crippen molar-refractivity contribution >= 4 is 17.4 Å². The number of carbonyl (C=O) groups is 1. The third-order valence-corrected chi connectivity index (χ3v) is 4.54. The molecule has 0 aliphatic heterocycles. The fourth-order valence-electron chi connectivity index (χ4n) is 2.67. The standard InChI is InChI=1S/C14H23N3OS/c1-2-7-12-13(19-17-16-12)14(18)15-10-11-8-5-3-4-6-9-11/h11H,2-10H2,1H3,(H,15,18). The monoisotopic (exact) mass is 281 g/mol. The van der Waals surface area contributed by atoms with Crippen molar-refractivity contribution in [1.29, 1.82) is 0 Å². The molecule has 106 valence electrons. The normalized spacial score (nSPS) is 17.1. The maximum Gasteiger partial charge on any atom is 0.264 e. The minimum Gasteiger partial charge on any atom is -0.351 e. The van der Waals surface area contributed by atoms with Crippen molar-refractivity contribution in [2.45, 2.75) is 58.3 Å². The summed E-state index contributed by atoms with van der Waals surface area (Å²) < 4.78 is 3.90. The number of carbonyl (C=O) groups excluding carboxylic acids is 1. The second-order valence-electron chi connectivity index (χ2n) is 5.37. The summed E-state index contributed by atoms with van der Waals surface area (Å²) in [6.07, 6.45) is 9.66. The average molecular weight is 281 g/mol. The van der Waals surface area contributed by atoms with Gasteiger partial charge < -0.3 is 5.32 Å². The summed E-state index contributed by atoms with van der Waals surface area (Å²) in [4.78, 5) is 12.9. The van der Waals surface area contributed by atoms with Gasteiger partial charge >= 0.3 is 0 Å². The predicted octanol–water partition coefficient (Wildman–Crippen LogP) is 3.19. The van der Waals surface area contributed by atoms with Crippen LogP contribution in [0, 0.1) is 5.92 Å². The van der Waals surface area contributed by atoms with E-state index in [0.717, 1.165) is 25.1 Å². The quantitative estimate of drug-likeness (QED) is 0.843. The summed E-state index contributed by atoms with van der Waals surface area (Å²) >= 11 is 1.22. The Balaban J connectivity index is 1.84. The van der Waals surface area contributed by atoms with Gasteiger partial charge in [0, 0.05) is 6.54 Å². The molecule has 2 rings (SSSR count). The first-order valence-corrected chi connectivity index (χ1v) is 8.18. The first kappa shape index (κ1) is 14.4. The van der Waals surface area contributed by atoms with Crippen molar-refractivity contribution in [1.82, 2.24) is 14.9 Å². The molecule has 0 atom stereocenters. The van der Waals surface area contributed by atoms with Gasteiger partial charge in [0.05, 0.1) is 5.69 Å². The van der Waals surface area contributed by atoms with E-state index >= 15 is 0 Å². The van der Waals surface area contributed by atoms with Crippen molar-refractivity contribution in [3.8, 4) is 0 Å². The van der Waals surface area contributed by atoms with Crippen LogP contribution in [0.25, 0.3) is 0 Å². The molecule has 1 aromatic rings. The smallest absolute Gasteiger partial charge is 0.264 e. The van der Waals surface area contributed by atoms with Crippen LogP contribution in [0.1, 0.15) is 67.2 Å². The molecule has 1 saturated carbocycles. The largest absolute Gasteiger partial charge is 0.351 e. The molecular weight excluding hydrogens is 258 g/mol. The van der Waals surface area contributed by atoms with Gasteiger partial charge in [-0.2, -0.15) is 0 Å². The maximum atomic E-state index is 12.1. The molecule has 1 heterocycles. The van der Waals surface area contributed by atoms with Crippen molar-refractivity contribution in [3.63, 3.8) is 0 Å². The average Bonchev–Trinajstić information content (AvgIpc) is 2.72. The minimum absolute atomic E-state index is 0.0164. The van der Waals surface area contributed by atoms with E-state index in [1.165, 1.54) is 50.1 Å². The van der Waals surface area contributed by atoms with Gasteiger partial charge in [0.1, 0.15) is 4.88 Å². The third-order valence-electron chi connectivity index (χ3n) is 3.77. The molecule has 0 aromatic carbocycles. The van der Waals surface area contributed by atoms with Gasteiger partial charge in [-0.3, -0.25) is 4.79 Å². The van der Waals surface area contributed by atoms with E-state index in [0.29, 0.717) is 10.8 Å². The van der Waals surface area contributed by atoms with Crippen LogP contribution in [0.2, 0.25) is 0 Å². The second kappa shape index (κ2) is 7.58. The minimum atomic E-state index is 0.0164. The molecule has 4 nitrogen and oxygen atoms in total. The molecule has 0 saturated heterocycles. The Morgan fingerprint density at radius 2 is 2.05 bits per heavy atom. The predicted molar refractivity (Wildman–Crippen MR) is 77.4 cm³/mol. The van der Waals surface area contributed by atoms with E-state index in [2.05, 4.69) is 21.8 Å². The molecule has 0 spiro atoms. The van der Waals surface area contributed by atoms with E-state index in [-0.39, 0.29) is 5.91 Å². The van der Waals surface area contributed by atoms with E-state index in [1.807, 2.05) is 0 Å². The fraction of sp³-hybridized carbons (Fsp3) is 0.786. The molecule has 0 radical (unpaired) electrons. The van der Waals surface area contributed by atoms with E-state index in [9.17, 15) is 4.79 Å². The summed E-state index contributed by atoms with van der Waals surface area (Å²) in [6.45, 7) is 2.90. The molecule has 1 aromatic heterocycles. The highest BCUT2D eigenvalue weighted by molar-refractivity contribution is 7.08. The zero-order chi connectivity index (χ0) is 13.5. The summed E-state index contributed by atoms with van der Waals surface area (Å²) in [5, 5.41) is 7.12. The van der Waals surface area contributed by atoms with Gasteiger partial charge in [-0.25, -0.2) is 0 Å². The molecule has 0 unspecified atom stereocenters. The number of hydrogen-bond acceptors (Lipinski definition) is 4. The molecule has 5 heteroatoms. The first-order valence-electron chi connectivity index (χ1n) is 7.40. The first-order chi connectivity index (χ1) is 9.31. The summed E-state index contributed by atoms with van der Waals surface area (Å²) in [5.74, 6) is 0.671. The van der Waals surface area contributed by atoms with Gasteiger partial charge in [-0.05, 0) is 36.7 Å². The van der Waals surface area contributed by atoms with Crippen LogP contribution in [0.15, 0.2) is 0 Å². The molecule has 19 heavy (non-hydrogen) atoms. The van der Waals surface area contributed by atoms with Gasteiger partial charge in [-0.1, -0.05) is 43.5 Å². The Kier molecular flexibility index (Phi) is 5.76. The Morgan fingerprint density at radius 3 is 2.74 bits per heavy atom. The second-order valence-corrected chi connectivity index (χ2v) is 6.12. The van der Waals surface area contributed by atoms with Crippen molar-refractivity contribution < 1.29 is 4.79 Å². The molecule has 1 aliphatic carbocycles. The van der Waals surface area contributed by atoms with Crippen LogP contribution in [0.5, 0.6) is 0 Å². The van der Waals surface area contributed by atoms with Gasteiger partial charge in [0.15, 0.2) is 0 Å². The van der Waals surface area contributed by atoms with Crippen LogP contribution in [-0.4, -0.2) is 22.0 Å². The molecule has 1 fully saturated rings. The van der Waals surface area contributed by atoms with E-state index in [4.69, 9.17) is 0 Å². The lowest BCUT2D eigenvalue weighted by molar-refractivity contribution is 0.0948. The van der Waals surface area contributed by atoms with Crippen LogP contribution in [-0.2, 0) is 6.42 Å². The van der Waals surface area contributed by atoms with Crippen LogP contribution in [0.3, 0.4) is 0 Å². The Hall–Kier alpha value is -0.970. The van der Waals surface area contributed by atoms with Gasteiger partial charge in [0.2, 0.25) is 0 Å². The van der Waals surface area contributed by atoms with Crippen LogP contribution in [0.4, 0.5) is 0 Å². The summed E-state index contributed by atoms with van der Waals surface area (Å²) in [7, 11) is 0.